The third kappa shape index (κ3) is 5.88. The quantitative estimate of drug-likeness (QED) is 0.502. The highest BCUT2D eigenvalue weighted by atomic mass is 35.5. The Morgan fingerprint density at radius 2 is 1.79 bits per heavy atom. The first-order valence-electron chi connectivity index (χ1n) is 10.0. The van der Waals surface area contributed by atoms with E-state index >= 15 is 0 Å². The zero-order valence-corrected chi connectivity index (χ0v) is 18.7. The fourth-order valence-electron chi connectivity index (χ4n) is 3.42. The summed E-state index contributed by atoms with van der Waals surface area (Å²) in [5, 5.41) is 13.8. The van der Waals surface area contributed by atoms with E-state index < -0.39 is 59.9 Å². The van der Waals surface area contributed by atoms with E-state index in [2.05, 4.69) is 5.10 Å². The molecule has 12 heteroatoms. The lowest BCUT2D eigenvalue weighted by molar-refractivity contribution is -0.141. The molecule has 34 heavy (non-hydrogen) atoms. The first-order valence-corrected chi connectivity index (χ1v) is 10.4. The minimum Gasteiger partial charge on any atom is -0.487 e. The first-order chi connectivity index (χ1) is 15.9. The molecule has 6 nitrogen and oxygen atoms in total. The molecule has 184 valence electrons. The molecule has 2 aromatic carbocycles. The van der Waals surface area contributed by atoms with E-state index in [0.717, 1.165) is 17.1 Å². The summed E-state index contributed by atoms with van der Waals surface area (Å²) in [7, 11) is 1.27. The number of nitrogens with zero attached hydrogens (tertiary/aromatic N) is 2. The van der Waals surface area contributed by atoms with E-state index in [0.29, 0.717) is 5.02 Å². The van der Waals surface area contributed by atoms with Crippen LogP contribution in [0.15, 0.2) is 41.5 Å². The second-order valence-corrected chi connectivity index (χ2v) is 8.20. The van der Waals surface area contributed by atoms with Crippen molar-refractivity contribution in [3.8, 4) is 11.5 Å². The van der Waals surface area contributed by atoms with E-state index in [1.165, 1.54) is 38.2 Å². The van der Waals surface area contributed by atoms with Crippen LogP contribution in [0.2, 0.25) is 5.02 Å². The number of aliphatic carboxylic acids is 1. The normalized spacial score (nSPS) is 19.1. The summed E-state index contributed by atoms with van der Waals surface area (Å²) in [6.07, 6.45) is -6.26. The van der Waals surface area contributed by atoms with Gasteiger partial charge >= 0.3 is 12.1 Å². The van der Waals surface area contributed by atoms with Gasteiger partial charge in [0.1, 0.15) is 12.4 Å². The lowest BCUT2D eigenvalue weighted by atomic mass is 10.0. The number of carboxylic acid groups (broad SMARTS) is 1. The van der Waals surface area contributed by atoms with Gasteiger partial charge in [0.25, 0.3) is 0 Å². The SMILES string of the molecule is CC(Cc1cc(F)c(OCC2C(C(F)(F)F)=NN(C)C2Oc2ccc(Cl)cc2)c(F)c1)C(=O)O. The predicted molar refractivity (Wildman–Crippen MR) is 113 cm³/mol. The summed E-state index contributed by atoms with van der Waals surface area (Å²) in [4.78, 5) is 11.0. The number of benzene rings is 2. The zero-order valence-electron chi connectivity index (χ0n) is 17.9. The highest BCUT2D eigenvalue weighted by Crippen LogP contribution is 2.34. The standard InChI is InChI=1S/C22H20ClF5N2O4/c1-11(21(31)32)7-12-8-16(24)18(17(25)9-12)33-10-15-19(22(26,27)28)29-30(2)20(15)34-14-5-3-13(23)4-6-14/h3-6,8-9,11,15,20H,7,10H2,1-2H3,(H,31,32). The molecule has 0 fully saturated rings. The Kier molecular flexibility index (Phi) is 7.54. The van der Waals surface area contributed by atoms with Crippen molar-refractivity contribution in [1.29, 1.82) is 0 Å². The van der Waals surface area contributed by atoms with Gasteiger partial charge in [0.05, 0.1) is 11.8 Å². The minimum atomic E-state index is -4.84. The number of alkyl halides is 3. The van der Waals surface area contributed by atoms with Gasteiger partial charge in [0, 0.05) is 12.1 Å². The van der Waals surface area contributed by atoms with Gasteiger partial charge in [-0.2, -0.15) is 18.3 Å². The summed E-state index contributed by atoms with van der Waals surface area (Å²) in [6, 6.07) is 7.66. The number of carbonyl (C=O) groups is 1. The number of hydrogen-bond donors (Lipinski definition) is 1. The third-order valence-corrected chi connectivity index (χ3v) is 5.37. The van der Waals surface area contributed by atoms with Gasteiger partial charge in [-0.3, -0.25) is 9.80 Å². The van der Waals surface area contributed by atoms with Crippen LogP contribution in [0.25, 0.3) is 0 Å². The maximum absolute atomic E-state index is 14.5. The second kappa shape index (κ2) is 10.0. The van der Waals surface area contributed by atoms with Crippen LogP contribution in [0, 0.1) is 23.5 Å². The average molecular weight is 507 g/mol. The molecular formula is C22H20ClF5N2O4. The summed E-state index contributed by atoms with van der Waals surface area (Å²) in [6.45, 7) is 0.581. The van der Waals surface area contributed by atoms with Crippen LogP contribution in [-0.4, -0.2) is 47.9 Å². The fourth-order valence-corrected chi connectivity index (χ4v) is 3.54. The maximum atomic E-state index is 14.5. The molecule has 0 saturated carbocycles. The highest BCUT2D eigenvalue weighted by molar-refractivity contribution is 6.30. The van der Waals surface area contributed by atoms with Crippen molar-refractivity contribution >= 4 is 23.3 Å². The van der Waals surface area contributed by atoms with Gasteiger partial charge in [-0.15, -0.1) is 0 Å². The summed E-state index contributed by atoms with van der Waals surface area (Å²) in [5.74, 6) is -6.58. The van der Waals surface area contributed by atoms with Crippen LogP contribution in [0.4, 0.5) is 22.0 Å². The Hall–Kier alpha value is -3.08. The summed E-state index contributed by atoms with van der Waals surface area (Å²) < 4.78 is 80.6. The first kappa shape index (κ1) is 25.5. The zero-order chi connectivity index (χ0) is 25.2. The van der Waals surface area contributed by atoms with Gasteiger partial charge in [-0.1, -0.05) is 18.5 Å². The van der Waals surface area contributed by atoms with Crippen molar-refractivity contribution in [3.05, 3.63) is 58.6 Å². The predicted octanol–water partition coefficient (Wildman–Crippen LogP) is 5.15. The number of ether oxygens (including phenoxy) is 2. The van der Waals surface area contributed by atoms with Crippen LogP contribution in [0.5, 0.6) is 11.5 Å². The third-order valence-electron chi connectivity index (χ3n) is 5.12. The Morgan fingerprint density at radius 1 is 1.21 bits per heavy atom. The average Bonchev–Trinajstić information content (AvgIpc) is 3.05. The van der Waals surface area contributed by atoms with Crippen molar-refractivity contribution in [2.24, 2.45) is 16.9 Å². The lowest BCUT2D eigenvalue weighted by Crippen LogP contribution is -2.42. The second-order valence-electron chi connectivity index (χ2n) is 7.77. The molecule has 3 unspecified atom stereocenters. The van der Waals surface area contributed by atoms with E-state index in [1.807, 2.05) is 0 Å². The molecule has 0 amide bonds. The van der Waals surface area contributed by atoms with Gasteiger partial charge in [-0.25, -0.2) is 8.78 Å². The molecule has 2 aromatic rings. The molecule has 0 aromatic heterocycles. The molecule has 0 radical (unpaired) electrons. The summed E-state index contributed by atoms with van der Waals surface area (Å²) in [5.41, 5.74) is -1.15. The van der Waals surface area contributed by atoms with Gasteiger partial charge in [-0.05, 0) is 48.4 Å². The molecule has 0 saturated heterocycles. The van der Waals surface area contributed by atoms with E-state index in [9.17, 15) is 26.7 Å². The van der Waals surface area contributed by atoms with Gasteiger partial charge in [0.2, 0.25) is 0 Å². The van der Waals surface area contributed by atoms with Crippen LogP contribution >= 0.6 is 11.6 Å². The van der Waals surface area contributed by atoms with Crippen molar-refractivity contribution in [3.63, 3.8) is 0 Å². The van der Waals surface area contributed by atoms with E-state index in [1.54, 1.807) is 0 Å². The highest BCUT2D eigenvalue weighted by Gasteiger charge is 2.51. The van der Waals surface area contributed by atoms with Gasteiger partial charge < -0.3 is 14.6 Å². The molecule has 0 aliphatic carbocycles. The molecule has 1 aliphatic heterocycles. The number of hydrazone groups is 1. The smallest absolute Gasteiger partial charge is 0.431 e. The minimum absolute atomic E-state index is 0.0688. The van der Waals surface area contributed by atoms with E-state index in [4.69, 9.17) is 26.2 Å². The molecule has 1 heterocycles. The summed E-state index contributed by atoms with van der Waals surface area (Å²) >= 11 is 5.81. The number of carboxylic acids is 1. The largest absolute Gasteiger partial charge is 0.487 e. The van der Waals surface area contributed by atoms with Crippen molar-refractivity contribution < 1.29 is 41.3 Å². The molecule has 3 atom stereocenters. The van der Waals surface area contributed by atoms with Crippen molar-refractivity contribution in [1.82, 2.24) is 5.01 Å². The van der Waals surface area contributed by atoms with E-state index in [-0.39, 0.29) is 17.7 Å². The monoisotopic (exact) mass is 506 g/mol. The fraction of sp³-hybridized carbons (Fsp3) is 0.364. The Bertz CT molecular complexity index is 1050. The lowest BCUT2D eigenvalue weighted by Gasteiger charge is -2.26. The van der Waals surface area contributed by atoms with Crippen LogP contribution < -0.4 is 9.47 Å². The van der Waals surface area contributed by atoms with Crippen molar-refractivity contribution in [2.45, 2.75) is 25.7 Å². The number of halogens is 6. The van der Waals surface area contributed by atoms with Crippen LogP contribution in [-0.2, 0) is 11.2 Å². The number of hydrogen-bond acceptors (Lipinski definition) is 5. The maximum Gasteiger partial charge on any atom is 0.431 e. The molecule has 0 spiro atoms. The van der Waals surface area contributed by atoms with Gasteiger partial charge in [0.15, 0.2) is 29.3 Å². The Labute approximate surface area is 196 Å². The molecular weight excluding hydrogens is 487 g/mol. The van der Waals surface area contributed by atoms with Crippen molar-refractivity contribution in [2.75, 3.05) is 13.7 Å². The molecule has 3 rings (SSSR count). The molecule has 1 aliphatic rings. The van der Waals surface area contributed by atoms with Crippen LogP contribution in [0.3, 0.4) is 0 Å². The Balaban J connectivity index is 1.82. The van der Waals surface area contributed by atoms with Crippen LogP contribution in [0.1, 0.15) is 12.5 Å². The topological polar surface area (TPSA) is 71.4 Å². The Morgan fingerprint density at radius 3 is 2.32 bits per heavy atom. The number of rotatable bonds is 8. The molecule has 0 bridgehead atoms. The molecule has 1 N–H and O–H groups in total.